The fourth-order valence-corrected chi connectivity index (χ4v) is 2.67. The van der Waals surface area contributed by atoms with Gasteiger partial charge >= 0.3 is 7.60 Å². The normalized spacial score (nSPS) is 12.8. The Hall–Kier alpha value is -2.27. The van der Waals surface area contributed by atoms with Crippen LogP contribution in [-0.4, -0.2) is 35.0 Å². The monoisotopic (exact) mass is 472 g/mol. The van der Waals surface area contributed by atoms with Crippen LogP contribution in [0, 0.1) is 29.1 Å². The summed E-state index contributed by atoms with van der Waals surface area (Å²) in [4.78, 5) is 33.2. The van der Waals surface area contributed by atoms with Gasteiger partial charge in [-0.1, -0.05) is 23.3 Å². The van der Waals surface area contributed by atoms with Gasteiger partial charge in [0.25, 0.3) is 5.91 Å². The molecule has 31 heavy (non-hydrogen) atoms. The number of amides is 1. The molecule has 0 unspecified atom stereocenters. The van der Waals surface area contributed by atoms with E-state index in [2.05, 4.69) is 5.32 Å². The van der Waals surface area contributed by atoms with Crippen LogP contribution in [0.25, 0.3) is 0 Å². The molecule has 174 valence electrons. The third-order valence-corrected chi connectivity index (χ3v) is 4.54. The van der Waals surface area contributed by atoms with Crippen molar-refractivity contribution in [2.75, 3.05) is 24.6 Å². The molecule has 0 aromatic heterocycles. The zero-order chi connectivity index (χ0) is 23.8. The summed E-state index contributed by atoms with van der Waals surface area (Å²) in [6.45, 7) is 3.19. The molecule has 0 fully saturated rings. The van der Waals surface area contributed by atoms with Crippen molar-refractivity contribution in [1.82, 2.24) is 5.48 Å². The Kier molecular flexibility index (Phi) is 10.3. The predicted molar refractivity (Wildman–Crippen MR) is 102 cm³/mol. The zero-order valence-corrected chi connectivity index (χ0v) is 17.5. The summed E-state index contributed by atoms with van der Waals surface area (Å²) in [5.74, 6) is -11.1. The Morgan fingerprint density at radius 2 is 1.52 bits per heavy atom. The highest BCUT2D eigenvalue weighted by Gasteiger charge is 2.25. The molecule has 0 spiro atoms. The number of carbonyl (C=O) groups is 1. The van der Waals surface area contributed by atoms with Crippen molar-refractivity contribution in [2.45, 2.75) is 26.7 Å². The summed E-state index contributed by atoms with van der Waals surface area (Å²) in [6, 6.07) is 0. The van der Waals surface area contributed by atoms with E-state index in [1.165, 1.54) is 0 Å². The lowest BCUT2D eigenvalue weighted by Gasteiger charge is -2.11. The van der Waals surface area contributed by atoms with Crippen LogP contribution in [0.5, 0.6) is 0 Å². The second-order valence-electron chi connectivity index (χ2n) is 6.60. The lowest BCUT2D eigenvalue weighted by molar-refractivity contribution is -0.130. The van der Waals surface area contributed by atoms with Gasteiger partial charge in [0.2, 0.25) is 5.82 Å². The molecule has 1 aromatic carbocycles. The lowest BCUT2D eigenvalue weighted by Crippen LogP contribution is -2.26. The smallest absolute Gasteiger partial charge is 0.334 e. The van der Waals surface area contributed by atoms with Crippen molar-refractivity contribution in [3.05, 3.63) is 52.4 Å². The van der Waals surface area contributed by atoms with E-state index in [4.69, 9.17) is 14.6 Å². The summed E-state index contributed by atoms with van der Waals surface area (Å²) >= 11 is 0. The van der Waals surface area contributed by atoms with Gasteiger partial charge in [0, 0.05) is 6.54 Å². The minimum Gasteiger partial charge on any atom is -0.376 e. The number of rotatable bonds is 11. The van der Waals surface area contributed by atoms with Crippen LogP contribution in [0.1, 0.15) is 26.7 Å². The molecule has 4 N–H and O–H groups in total. The minimum absolute atomic E-state index is 0.0385. The van der Waals surface area contributed by atoms with Gasteiger partial charge in [0.15, 0.2) is 23.3 Å². The van der Waals surface area contributed by atoms with Crippen molar-refractivity contribution in [2.24, 2.45) is 0 Å². The highest BCUT2D eigenvalue weighted by molar-refractivity contribution is 7.52. The topological polar surface area (TPSA) is 108 Å². The lowest BCUT2D eigenvalue weighted by atomic mass is 10.1. The molecule has 0 aliphatic heterocycles. The van der Waals surface area contributed by atoms with E-state index in [9.17, 15) is 31.3 Å². The van der Waals surface area contributed by atoms with E-state index in [0.29, 0.717) is 18.4 Å². The largest absolute Gasteiger partial charge is 0.376 e. The third-order valence-electron chi connectivity index (χ3n) is 3.84. The molecular formula is C18H22F5N2O5P. The van der Waals surface area contributed by atoms with E-state index >= 15 is 0 Å². The zero-order valence-electron chi connectivity index (χ0n) is 16.6. The Morgan fingerprint density at radius 3 is 2.06 bits per heavy atom. The van der Waals surface area contributed by atoms with Gasteiger partial charge in [-0.2, -0.15) is 0 Å². The van der Waals surface area contributed by atoms with Crippen LogP contribution >= 0.6 is 7.60 Å². The SMILES string of the molecule is C/C(=C\CONC(=O)CP(=O)(O)O)CC/C=C(\C)CNc1c(F)c(F)c(F)c(F)c1F. The van der Waals surface area contributed by atoms with Crippen LogP contribution in [-0.2, 0) is 14.2 Å². The Bertz CT molecular complexity index is 888. The van der Waals surface area contributed by atoms with E-state index in [1.807, 2.05) is 5.48 Å². The van der Waals surface area contributed by atoms with Gasteiger partial charge in [-0.15, -0.1) is 0 Å². The maximum atomic E-state index is 13.6. The molecule has 1 amide bonds. The highest BCUT2D eigenvalue weighted by atomic mass is 31.2. The summed E-state index contributed by atoms with van der Waals surface area (Å²) in [5.41, 5.74) is 2.23. The van der Waals surface area contributed by atoms with Crippen molar-refractivity contribution in [1.29, 1.82) is 0 Å². The quantitative estimate of drug-likeness (QED) is 0.0745. The average molecular weight is 472 g/mol. The fourth-order valence-electron chi connectivity index (χ4n) is 2.23. The first-order valence-corrected chi connectivity index (χ1v) is 10.6. The van der Waals surface area contributed by atoms with Crippen LogP contribution in [0.3, 0.4) is 0 Å². The molecule has 0 heterocycles. The van der Waals surface area contributed by atoms with Gasteiger partial charge in [-0.3, -0.25) is 14.2 Å². The highest BCUT2D eigenvalue weighted by Crippen LogP contribution is 2.33. The van der Waals surface area contributed by atoms with E-state index in [1.54, 1.807) is 26.0 Å². The number of benzene rings is 1. The number of nitrogens with one attached hydrogen (secondary N) is 2. The van der Waals surface area contributed by atoms with Crippen LogP contribution < -0.4 is 10.8 Å². The van der Waals surface area contributed by atoms with Crippen LogP contribution in [0.15, 0.2) is 23.3 Å². The van der Waals surface area contributed by atoms with Crippen molar-refractivity contribution < 1.29 is 45.9 Å². The number of hydroxylamine groups is 1. The fraction of sp³-hybridized carbons (Fsp3) is 0.389. The Morgan fingerprint density at radius 1 is 0.968 bits per heavy atom. The number of hydrogen-bond donors (Lipinski definition) is 4. The molecular weight excluding hydrogens is 450 g/mol. The van der Waals surface area contributed by atoms with Gasteiger partial charge in [0.05, 0.1) is 6.61 Å². The average Bonchev–Trinajstić information content (AvgIpc) is 2.67. The molecule has 1 rings (SSSR count). The number of anilines is 1. The van der Waals surface area contributed by atoms with Crippen LogP contribution in [0.2, 0.25) is 0 Å². The second kappa shape index (κ2) is 11.9. The number of hydrogen-bond acceptors (Lipinski definition) is 4. The maximum Gasteiger partial charge on any atom is 0.334 e. The number of allylic oxidation sites excluding steroid dienone is 2. The molecule has 0 bridgehead atoms. The summed E-state index contributed by atoms with van der Waals surface area (Å²) in [5, 5.41) is 2.20. The minimum atomic E-state index is -4.47. The second-order valence-corrected chi connectivity index (χ2v) is 8.24. The molecule has 13 heteroatoms. The molecule has 1 aromatic rings. The van der Waals surface area contributed by atoms with E-state index < -0.39 is 54.4 Å². The van der Waals surface area contributed by atoms with E-state index in [0.717, 1.165) is 5.57 Å². The van der Waals surface area contributed by atoms with Gasteiger partial charge in [-0.25, -0.2) is 27.4 Å². The van der Waals surface area contributed by atoms with Gasteiger partial charge in [0.1, 0.15) is 11.8 Å². The van der Waals surface area contributed by atoms with Gasteiger partial charge < -0.3 is 15.1 Å². The van der Waals surface area contributed by atoms with Crippen LogP contribution in [0.4, 0.5) is 27.6 Å². The van der Waals surface area contributed by atoms with Gasteiger partial charge in [-0.05, 0) is 26.7 Å². The molecule has 7 nitrogen and oxygen atoms in total. The summed E-state index contributed by atoms with van der Waals surface area (Å²) < 4.78 is 77.2. The molecule has 0 aliphatic rings. The first-order chi connectivity index (χ1) is 14.3. The molecule has 0 aliphatic carbocycles. The standard InChI is InChI=1S/C18H22F5N2O5P/c1-10(6-7-30-25-12(26)9-31(27,28)29)4-3-5-11(2)8-24-18-16(22)14(20)13(19)15(21)17(18)23/h5-6,24H,3-4,7-9H2,1-2H3,(H,25,26)(H2,27,28,29)/b10-6+,11-5+. The number of carbonyl (C=O) groups excluding carboxylic acids is 1. The van der Waals surface area contributed by atoms with E-state index in [-0.39, 0.29) is 13.2 Å². The summed E-state index contributed by atoms with van der Waals surface area (Å²) in [7, 11) is -4.47. The molecule has 0 saturated carbocycles. The first-order valence-electron chi connectivity index (χ1n) is 8.85. The Labute approximate surface area is 175 Å². The summed E-state index contributed by atoms with van der Waals surface area (Å²) in [6.07, 6.45) is 3.38. The number of halogens is 5. The van der Waals surface area contributed by atoms with Crippen molar-refractivity contribution >= 4 is 19.2 Å². The van der Waals surface area contributed by atoms with Crippen molar-refractivity contribution in [3.63, 3.8) is 0 Å². The molecule has 0 atom stereocenters. The molecule has 0 saturated heterocycles. The third kappa shape index (κ3) is 9.18. The predicted octanol–water partition coefficient (Wildman–Crippen LogP) is 3.69. The maximum absolute atomic E-state index is 13.6. The van der Waals surface area contributed by atoms with Crippen molar-refractivity contribution in [3.8, 4) is 0 Å². The first kappa shape index (κ1) is 26.8. The molecule has 0 radical (unpaired) electrons. The Balaban J connectivity index is 2.46.